The highest BCUT2D eigenvalue weighted by atomic mass is 32.2. The average molecular weight is 501 g/mol. The van der Waals surface area contributed by atoms with Gasteiger partial charge in [0, 0.05) is 44.5 Å². The molecule has 174 valence electrons. The first-order chi connectivity index (χ1) is 17.8. The molecular weight excluding hydrogens is 477 g/mol. The summed E-state index contributed by atoms with van der Waals surface area (Å²) in [5.74, 6) is 1.82. The molecule has 4 aromatic carbocycles. The van der Waals surface area contributed by atoms with E-state index in [1.807, 2.05) is 48.1 Å². The van der Waals surface area contributed by atoms with E-state index in [2.05, 4.69) is 107 Å². The zero-order valence-corrected chi connectivity index (χ0v) is 21.3. The van der Waals surface area contributed by atoms with E-state index in [0.29, 0.717) is 0 Å². The fourth-order valence-electron chi connectivity index (χ4n) is 4.39. The van der Waals surface area contributed by atoms with Crippen LogP contribution in [0.2, 0.25) is 0 Å². The van der Waals surface area contributed by atoms with E-state index < -0.39 is 0 Å². The van der Waals surface area contributed by atoms with Gasteiger partial charge in [-0.2, -0.15) is 0 Å². The van der Waals surface area contributed by atoms with Crippen molar-refractivity contribution in [1.82, 2.24) is 9.97 Å². The Morgan fingerprint density at radius 1 is 0.472 bits per heavy atom. The van der Waals surface area contributed by atoms with Crippen molar-refractivity contribution in [2.75, 3.05) is 0 Å². The molecule has 0 radical (unpaired) electrons. The summed E-state index contributed by atoms with van der Waals surface area (Å²) in [4.78, 5) is 11.6. The number of thioether (sulfide) groups is 2. The highest BCUT2D eigenvalue weighted by Gasteiger charge is 2.07. The van der Waals surface area contributed by atoms with Crippen molar-refractivity contribution in [3.8, 4) is 11.1 Å². The van der Waals surface area contributed by atoms with E-state index in [9.17, 15) is 0 Å². The second-order valence-corrected chi connectivity index (χ2v) is 10.7. The predicted octanol–water partition coefficient (Wildman–Crippen LogP) is 9.03. The van der Waals surface area contributed by atoms with Crippen molar-refractivity contribution in [1.29, 1.82) is 0 Å². The number of pyridine rings is 2. The van der Waals surface area contributed by atoms with Gasteiger partial charge in [0.05, 0.1) is 11.0 Å². The Balaban J connectivity index is 1.18. The second kappa shape index (κ2) is 10.6. The molecule has 0 amide bonds. The SMILES string of the molecule is c1cc(CSc2cccc3cccnc23)cc(-c2cccc(CSc3cccc4cccnc34)c2)c1. The number of nitrogens with zero attached hydrogens (tertiary/aromatic N) is 2. The maximum Gasteiger partial charge on any atom is 0.0837 e. The van der Waals surface area contributed by atoms with Crippen LogP contribution >= 0.6 is 23.5 Å². The van der Waals surface area contributed by atoms with Crippen LogP contribution in [0, 0.1) is 0 Å². The quantitative estimate of drug-likeness (QED) is 0.204. The van der Waals surface area contributed by atoms with Crippen molar-refractivity contribution in [2.24, 2.45) is 0 Å². The number of hydrogen-bond donors (Lipinski definition) is 0. The van der Waals surface area contributed by atoms with Gasteiger partial charge in [-0.25, -0.2) is 0 Å². The first-order valence-electron chi connectivity index (χ1n) is 11.9. The summed E-state index contributed by atoms with van der Waals surface area (Å²) < 4.78 is 0. The molecule has 6 aromatic rings. The van der Waals surface area contributed by atoms with Crippen molar-refractivity contribution < 1.29 is 0 Å². The molecule has 0 aliphatic heterocycles. The van der Waals surface area contributed by atoms with Crippen LogP contribution in [0.3, 0.4) is 0 Å². The Kier molecular flexibility index (Phi) is 6.70. The smallest absolute Gasteiger partial charge is 0.0837 e. The third kappa shape index (κ3) is 5.01. The van der Waals surface area contributed by atoms with Crippen molar-refractivity contribution in [3.63, 3.8) is 0 Å². The minimum atomic E-state index is 0.910. The molecule has 2 heterocycles. The Labute approximate surface area is 219 Å². The molecule has 0 saturated carbocycles. The van der Waals surface area contributed by atoms with Gasteiger partial charge in [-0.15, -0.1) is 23.5 Å². The van der Waals surface area contributed by atoms with Crippen molar-refractivity contribution >= 4 is 45.3 Å². The molecule has 0 bridgehead atoms. The first-order valence-corrected chi connectivity index (χ1v) is 13.9. The molecule has 0 unspecified atom stereocenters. The molecule has 36 heavy (non-hydrogen) atoms. The van der Waals surface area contributed by atoms with E-state index in [1.54, 1.807) is 0 Å². The number of rotatable bonds is 7. The van der Waals surface area contributed by atoms with Crippen LogP contribution in [-0.2, 0) is 11.5 Å². The lowest BCUT2D eigenvalue weighted by atomic mass is 10.0. The number of aromatic nitrogens is 2. The summed E-state index contributed by atoms with van der Waals surface area (Å²) >= 11 is 3.69. The molecule has 2 aromatic heterocycles. The fraction of sp³-hybridized carbons (Fsp3) is 0.0625. The Hall–Kier alpha value is -3.60. The zero-order chi connectivity index (χ0) is 24.2. The Morgan fingerprint density at radius 3 is 1.42 bits per heavy atom. The summed E-state index contributed by atoms with van der Waals surface area (Å²) in [6.45, 7) is 0. The average Bonchev–Trinajstić information content (AvgIpc) is 2.95. The first kappa shape index (κ1) is 22.8. The van der Waals surface area contributed by atoms with Gasteiger partial charge < -0.3 is 0 Å². The van der Waals surface area contributed by atoms with E-state index in [-0.39, 0.29) is 0 Å². The second-order valence-electron chi connectivity index (χ2n) is 8.64. The molecule has 0 fully saturated rings. The van der Waals surface area contributed by atoms with Crippen molar-refractivity contribution in [3.05, 3.63) is 133 Å². The fourth-order valence-corrected chi connectivity index (χ4v) is 6.36. The third-order valence-electron chi connectivity index (χ3n) is 6.17. The molecule has 6 rings (SSSR count). The van der Waals surface area contributed by atoms with Crippen LogP contribution in [0.5, 0.6) is 0 Å². The van der Waals surface area contributed by atoms with E-state index in [1.165, 1.54) is 42.8 Å². The Bertz CT molecular complexity index is 1530. The summed E-state index contributed by atoms with van der Waals surface area (Å²) in [6, 6.07) is 38.8. The van der Waals surface area contributed by atoms with Gasteiger partial charge >= 0.3 is 0 Å². The number of benzene rings is 4. The number of fused-ring (bicyclic) bond motifs is 2. The van der Waals surface area contributed by atoms with Gasteiger partial charge in [-0.05, 0) is 46.5 Å². The maximum absolute atomic E-state index is 4.60. The molecule has 0 atom stereocenters. The lowest BCUT2D eigenvalue weighted by molar-refractivity contribution is 1.33. The highest BCUT2D eigenvalue weighted by Crippen LogP contribution is 2.32. The number of hydrogen-bond acceptors (Lipinski definition) is 4. The van der Waals surface area contributed by atoms with E-state index in [4.69, 9.17) is 0 Å². The molecule has 2 nitrogen and oxygen atoms in total. The van der Waals surface area contributed by atoms with E-state index >= 15 is 0 Å². The Morgan fingerprint density at radius 2 is 0.917 bits per heavy atom. The standard InChI is InChI=1S/C32H24N2S2/c1-7-23(21-35-29-15-3-9-25-13-5-17-33-31(25)29)19-27(11-1)28-12-2-8-24(20-28)22-36-30-16-4-10-26-14-6-18-34-32(26)30/h1-20H,21-22H2. The van der Waals surface area contributed by atoms with Crippen LogP contribution < -0.4 is 0 Å². The molecule has 0 aliphatic rings. The van der Waals surface area contributed by atoms with Crippen LogP contribution in [0.25, 0.3) is 32.9 Å². The van der Waals surface area contributed by atoms with Gasteiger partial charge in [0.15, 0.2) is 0 Å². The zero-order valence-electron chi connectivity index (χ0n) is 19.7. The molecule has 4 heteroatoms. The predicted molar refractivity (Wildman–Crippen MR) is 154 cm³/mol. The number of para-hydroxylation sites is 2. The molecule has 0 N–H and O–H groups in total. The molecular formula is C32H24N2S2. The summed E-state index contributed by atoms with van der Waals surface area (Å²) in [5.41, 5.74) is 7.28. The van der Waals surface area contributed by atoms with Gasteiger partial charge in [-0.3, -0.25) is 9.97 Å². The molecule has 0 saturated heterocycles. The van der Waals surface area contributed by atoms with Gasteiger partial charge in [0.25, 0.3) is 0 Å². The molecule has 0 spiro atoms. The van der Waals surface area contributed by atoms with Crippen LogP contribution in [0.1, 0.15) is 11.1 Å². The lowest BCUT2D eigenvalue weighted by Gasteiger charge is -2.09. The minimum absolute atomic E-state index is 0.910. The van der Waals surface area contributed by atoms with Crippen LogP contribution in [0.15, 0.2) is 131 Å². The monoisotopic (exact) mass is 500 g/mol. The highest BCUT2D eigenvalue weighted by molar-refractivity contribution is 7.99. The summed E-state index contributed by atoms with van der Waals surface area (Å²) in [6.07, 6.45) is 3.74. The van der Waals surface area contributed by atoms with Crippen molar-refractivity contribution in [2.45, 2.75) is 21.3 Å². The van der Waals surface area contributed by atoms with Gasteiger partial charge in [0.2, 0.25) is 0 Å². The lowest BCUT2D eigenvalue weighted by Crippen LogP contribution is -1.88. The normalized spacial score (nSPS) is 11.2. The maximum atomic E-state index is 4.60. The van der Waals surface area contributed by atoms with Gasteiger partial charge in [0.1, 0.15) is 0 Å². The molecule has 0 aliphatic carbocycles. The summed E-state index contributed by atoms with van der Waals surface area (Å²) in [5, 5.41) is 2.37. The summed E-state index contributed by atoms with van der Waals surface area (Å²) in [7, 11) is 0. The third-order valence-corrected chi connectivity index (χ3v) is 8.40. The largest absolute Gasteiger partial charge is 0.255 e. The topological polar surface area (TPSA) is 25.8 Å². The van der Waals surface area contributed by atoms with Gasteiger partial charge in [-0.1, -0.05) is 84.9 Å². The van der Waals surface area contributed by atoms with Crippen LogP contribution in [0.4, 0.5) is 0 Å². The van der Waals surface area contributed by atoms with Crippen LogP contribution in [-0.4, -0.2) is 9.97 Å². The minimum Gasteiger partial charge on any atom is -0.255 e. The van der Waals surface area contributed by atoms with E-state index in [0.717, 1.165) is 22.5 Å².